The number of anilines is 1. The Balaban J connectivity index is 1.43. The Hall–Kier alpha value is -2.18. The van der Waals surface area contributed by atoms with Gasteiger partial charge < -0.3 is 4.74 Å². The largest absolute Gasteiger partial charge is 0.373 e. The van der Waals surface area contributed by atoms with E-state index in [9.17, 15) is 9.59 Å². The molecule has 2 bridgehead atoms. The van der Waals surface area contributed by atoms with Gasteiger partial charge in [-0.05, 0) is 37.5 Å². The summed E-state index contributed by atoms with van der Waals surface area (Å²) in [6, 6.07) is 9.35. The molecule has 0 saturated carbocycles. The number of imide groups is 1. The molecule has 6 nitrogen and oxygen atoms in total. The zero-order valence-electron chi connectivity index (χ0n) is 14.3. The number of halogens is 1. The standard InChI is InChI=1S/C19H18ClN3O3/c1-10-8-15(21-22(10)9-11-2-4-12(20)5-3-11)23-18(24)16-13-6-7-14(26-13)17(16)19(23)25/h2-5,8,13-14,16-17H,6-7,9H2,1H3/t13-,14-,16-,17+/m0/s1. The number of fused-ring (bicyclic) bond motifs is 5. The fraction of sp³-hybridized carbons (Fsp3) is 0.421. The van der Waals surface area contributed by atoms with E-state index >= 15 is 0 Å². The van der Waals surface area contributed by atoms with Gasteiger partial charge in [-0.3, -0.25) is 14.3 Å². The minimum atomic E-state index is -0.331. The minimum absolute atomic E-state index is 0.108. The van der Waals surface area contributed by atoms with Crippen LogP contribution in [0, 0.1) is 18.8 Å². The Kier molecular flexibility index (Phi) is 3.49. The van der Waals surface area contributed by atoms with E-state index in [4.69, 9.17) is 16.3 Å². The van der Waals surface area contributed by atoms with Crippen molar-refractivity contribution in [2.45, 2.75) is 38.5 Å². The van der Waals surface area contributed by atoms with Crippen LogP contribution in [0.1, 0.15) is 24.1 Å². The summed E-state index contributed by atoms with van der Waals surface area (Å²) in [4.78, 5) is 27.0. The minimum Gasteiger partial charge on any atom is -0.373 e. The van der Waals surface area contributed by atoms with Gasteiger partial charge in [-0.2, -0.15) is 5.10 Å². The number of carbonyl (C=O) groups excluding carboxylic acids is 2. The molecule has 134 valence electrons. The summed E-state index contributed by atoms with van der Waals surface area (Å²) in [6.07, 6.45) is 1.51. The lowest BCUT2D eigenvalue weighted by molar-refractivity contribution is -0.124. The van der Waals surface area contributed by atoms with Crippen LogP contribution in [0.3, 0.4) is 0 Å². The molecule has 2 aromatic rings. The van der Waals surface area contributed by atoms with Gasteiger partial charge in [0, 0.05) is 16.8 Å². The lowest BCUT2D eigenvalue weighted by atomic mass is 9.81. The van der Waals surface area contributed by atoms with Crippen molar-refractivity contribution >= 4 is 29.2 Å². The molecule has 26 heavy (non-hydrogen) atoms. The van der Waals surface area contributed by atoms with E-state index in [-0.39, 0.29) is 35.9 Å². The molecule has 1 aromatic carbocycles. The molecule has 0 N–H and O–H groups in total. The van der Waals surface area contributed by atoms with Crippen molar-refractivity contribution in [2.75, 3.05) is 4.90 Å². The molecule has 3 aliphatic rings. The van der Waals surface area contributed by atoms with Crippen LogP contribution in [-0.2, 0) is 20.9 Å². The average molecular weight is 372 g/mol. The molecule has 7 heteroatoms. The van der Waals surface area contributed by atoms with Crippen LogP contribution in [0.2, 0.25) is 5.02 Å². The third kappa shape index (κ3) is 2.25. The highest BCUT2D eigenvalue weighted by atomic mass is 35.5. The van der Waals surface area contributed by atoms with Crippen molar-refractivity contribution in [2.24, 2.45) is 11.8 Å². The highest BCUT2D eigenvalue weighted by Crippen LogP contribution is 2.49. The first-order chi connectivity index (χ1) is 12.5. The molecule has 0 unspecified atom stereocenters. The second kappa shape index (κ2) is 5.66. The molecule has 3 saturated heterocycles. The first kappa shape index (κ1) is 16.0. The van der Waals surface area contributed by atoms with Gasteiger partial charge in [-0.1, -0.05) is 23.7 Å². The summed E-state index contributed by atoms with van der Waals surface area (Å²) in [5, 5.41) is 5.22. The van der Waals surface area contributed by atoms with Gasteiger partial charge in [-0.15, -0.1) is 0 Å². The molecule has 0 aliphatic carbocycles. The monoisotopic (exact) mass is 371 g/mol. The molecule has 0 spiro atoms. The molecular formula is C19H18ClN3O3. The SMILES string of the molecule is Cc1cc(N2C(=O)[C@@H]3[C@H](C2=O)[C@@H]2CC[C@@H]3O2)nn1Cc1ccc(Cl)cc1. The van der Waals surface area contributed by atoms with Crippen molar-refractivity contribution in [1.29, 1.82) is 0 Å². The zero-order chi connectivity index (χ0) is 18.0. The van der Waals surface area contributed by atoms with Crippen LogP contribution in [-0.4, -0.2) is 33.8 Å². The summed E-state index contributed by atoms with van der Waals surface area (Å²) < 4.78 is 7.58. The number of amides is 2. The number of aryl methyl sites for hydroxylation is 1. The predicted molar refractivity (Wildman–Crippen MR) is 94.9 cm³/mol. The van der Waals surface area contributed by atoms with Crippen LogP contribution in [0.4, 0.5) is 5.82 Å². The maximum atomic E-state index is 12.9. The van der Waals surface area contributed by atoms with Gasteiger partial charge in [0.1, 0.15) is 0 Å². The summed E-state index contributed by atoms with van der Waals surface area (Å²) in [6.45, 7) is 2.48. The van der Waals surface area contributed by atoms with Crippen molar-refractivity contribution in [1.82, 2.24) is 9.78 Å². The van der Waals surface area contributed by atoms with E-state index in [1.165, 1.54) is 4.90 Å². The number of ether oxygens (including phenoxy) is 1. The van der Waals surface area contributed by atoms with Crippen LogP contribution >= 0.6 is 11.6 Å². The van der Waals surface area contributed by atoms with Gasteiger partial charge in [0.2, 0.25) is 11.8 Å². The Morgan fingerprint density at radius 1 is 1.12 bits per heavy atom. The Labute approximate surface area is 155 Å². The number of benzene rings is 1. The highest BCUT2D eigenvalue weighted by molar-refractivity contribution is 6.30. The second-order valence-corrected chi connectivity index (χ2v) is 7.72. The van der Waals surface area contributed by atoms with E-state index in [1.54, 1.807) is 10.7 Å². The lowest BCUT2D eigenvalue weighted by Gasteiger charge is -2.15. The van der Waals surface area contributed by atoms with E-state index in [0.717, 1.165) is 24.1 Å². The first-order valence-electron chi connectivity index (χ1n) is 8.85. The fourth-order valence-electron chi connectivity index (χ4n) is 4.46. The third-order valence-corrected chi connectivity index (χ3v) is 5.98. The maximum Gasteiger partial charge on any atom is 0.241 e. The van der Waals surface area contributed by atoms with Crippen LogP contribution in [0.25, 0.3) is 0 Å². The molecular weight excluding hydrogens is 354 g/mol. The van der Waals surface area contributed by atoms with Gasteiger partial charge >= 0.3 is 0 Å². The van der Waals surface area contributed by atoms with E-state index in [0.29, 0.717) is 17.4 Å². The highest BCUT2D eigenvalue weighted by Gasteiger charge is 2.63. The van der Waals surface area contributed by atoms with Crippen molar-refractivity contribution < 1.29 is 14.3 Å². The first-order valence-corrected chi connectivity index (χ1v) is 9.23. The van der Waals surface area contributed by atoms with Gasteiger partial charge in [-0.25, -0.2) is 4.90 Å². The van der Waals surface area contributed by atoms with E-state index < -0.39 is 0 Å². The second-order valence-electron chi connectivity index (χ2n) is 7.28. The predicted octanol–water partition coefficient (Wildman–Crippen LogP) is 2.56. The van der Waals surface area contributed by atoms with Crippen LogP contribution < -0.4 is 4.90 Å². The number of carbonyl (C=O) groups is 2. The van der Waals surface area contributed by atoms with Gasteiger partial charge in [0.05, 0.1) is 30.6 Å². The van der Waals surface area contributed by atoms with Crippen molar-refractivity contribution in [3.63, 3.8) is 0 Å². The number of hydrogen-bond donors (Lipinski definition) is 0. The molecule has 4 heterocycles. The molecule has 5 rings (SSSR count). The van der Waals surface area contributed by atoms with Crippen LogP contribution in [0.15, 0.2) is 30.3 Å². The molecule has 2 amide bonds. The normalized spacial score (nSPS) is 29.7. The lowest BCUT2D eigenvalue weighted by Crippen LogP contribution is -2.34. The Morgan fingerprint density at radius 2 is 1.73 bits per heavy atom. The molecule has 3 fully saturated rings. The molecule has 1 aromatic heterocycles. The number of nitrogens with zero attached hydrogens (tertiary/aromatic N) is 3. The van der Waals surface area contributed by atoms with Gasteiger partial charge in [0.25, 0.3) is 0 Å². The number of hydrogen-bond acceptors (Lipinski definition) is 4. The Bertz CT molecular complexity index is 879. The number of rotatable bonds is 3. The fourth-order valence-corrected chi connectivity index (χ4v) is 4.59. The molecule has 0 radical (unpaired) electrons. The smallest absolute Gasteiger partial charge is 0.241 e. The molecule has 4 atom stereocenters. The average Bonchev–Trinajstić information content (AvgIpc) is 3.35. The van der Waals surface area contributed by atoms with E-state index in [2.05, 4.69) is 5.10 Å². The van der Waals surface area contributed by atoms with Crippen molar-refractivity contribution in [3.05, 3.63) is 46.6 Å². The number of aromatic nitrogens is 2. The maximum absolute atomic E-state index is 12.9. The Morgan fingerprint density at radius 3 is 2.35 bits per heavy atom. The zero-order valence-corrected chi connectivity index (χ0v) is 15.0. The summed E-state index contributed by atoms with van der Waals surface area (Å²) >= 11 is 5.93. The quantitative estimate of drug-likeness (QED) is 0.778. The summed E-state index contributed by atoms with van der Waals surface area (Å²) in [7, 11) is 0. The van der Waals surface area contributed by atoms with Crippen molar-refractivity contribution in [3.8, 4) is 0 Å². The summed E-state index contributed by atoms with van der Waals surface area (Å²) in [5.41, 5.74) is 1.95. The van der Waals surface area contributed by atoms with Gasteiger partial charge in [0.15, 0.2) is 5.82 Å². The third-order valence-electron chi connectivity index (χ3n) is 5.73. The summed E-state index contributed by atoms with van der Waals surface area (Å²) in [5.74, 6) is -0.571. The molecule has 3 aliphatic heterocycles. The topological polar surface area (TPSA) is 64.4 Å². The van der Waals surface area contributed by atoms with E-state index in [1.807, 2.05) is 31.2 Å². The van der Waals surface area contributed by atoms with Crippen LogP contribution in [0.5, 0.6) is 0 Å².